The number of hydrogen-bond donors (Lipinski definition) is 0. The molecule has 4 heterocycles. The first-order valence-electron chi connectivity index (χ1n) is 20.0. The second kappa shape index (κ2) is 14.2. The lowest BCUT2D eigenvalue weighted by Crippen LogP contribution is -2.00. The molecule has 280 valence electrons. The second-order valence-corrected chi connectivity index (χ2v) is 17.1. The van der Waals surface area contributed by atoms with Crippen molar-refractivity contribution in [2.45, 2.75) is 0 Å². The van der Waals surface area contributed by atoms with Crippen LogP contribution in [0.1, 0.15) is 0 Å². The number of nitrogens with zero attached hydrogens (tertiary/aromatic N) is 4. The predicted octanol–water partition coefficient (Wildman–Crippen LogP) is 15.2. The molecule has 0 atom stereocenters. The van der Waals surface area contributed by atoms with E-state index in [1.807, 2.05) is 47.7 Å². The highest BCUT2D eigenvalue weighted by Gasteiger charge is 2.19. The van der Waals surface area contributed by atoms with Gasteiger partial charge in [-0.25, -0.2) is 19.9 Å². The van der Waals surface area contributed by atoms with Gasteiger partial charge in [0.25, 0.3) is 0 Å². The van der Waals surface area contributed by atoms with Crippen LogP contribution in [0.2, 0.25) is 0 Å². The van der Waals surface area contributed by atoms with Crippen molar-refractivity contribution in [2.75, 3.05) is 0 Å². The maximum atomic E-state index is 5.54. The number of aromatic nitrogens is 4. The number of pyridine rings is 1. The molecule has 0 unspecified atom stereocenters. The zero-order valence-corrected chi connectivity index (χ0v) is 33.7. The van der Waals surface area contributed by atoms with Crippen LogP contribution in [0.5, 0.6) is 0 Å². The minimum atomic E-state index is 0.611. The first-order valence-corrected chi connectivity index (χ1v) is 21.6. The lowest BCUT2D eigenvalue weighted by atomic mass is 9.98. The Morgan fingerprint density at radius 1 is 0.300 bits per heavy atom. The topological polar surface area (TPSA) is 51.6 Å². The third-order valence-electron chi connectivity index (χ3n) is 11.3. The Hall–Kier alpha value is -7.38. The largest absolute Gasteiger partial charge is 0.246 e. The van der Waals surface area contributed by atoms with E-state index in [4.69, 9.17) is 19.9 Å². The molecule has 0 bridgehead atoms. The Morgan fingerprint density at radius 3 is 1.58 bits per heavy atom. The van der Waals surface area contributed by atoms with E-state index in [9.17, 15) is 0 Å². The van der Waals surface area contributed by atoms with Crippen LogP contribution in [0.15, 0.2) is 194 Å². The fraction of sp³-hybridized carbons (Fsp3) is 0. The average molecular weight is 801 g/mol. The molecule has 0 radical (unpaired) electrons. The van der Waals surface area contributed by atoms with Crippen molar-refractivity contribution in [2.24, 2.45) is 0 Å². The van der Waals surface area contributed by atoms with Gasteiger partial charge in [0.15, 0.2) is 17.5 Å². The molecule has 0 saturated carbocycles. The van der Waals surface area contributed by atoms with Gasteiger partial charge in [-0.15, -0.1) is 22.7 Å². The van der Waals surface area contributed by atoms with Gasteiger partial charge in [0, 0.05) is 63.3 Å². The lowest BCUT2D eigenvalue weighted by molar-refractivity contribution is 1.07. The number of thiophene rings is 2. The molecule has 0 aliphatic heterocycles. The SMILES string of the molecule is c1ccc(-c2ccc(-c3nc(-c4ccccc4)nc(-c4cccc(-c5nc6cc(-c7cccc8c7sc7ccccc78)ccc6c6c5sc5ccccc56)c4)n3)cc2)cc1. The van der Waals surface area contributed by atoms with Crippen LogP contribution in [-0.2, 0) is 0 Å². The summed E-state index contributed by atoms with van der Waals surface area (Å²) in [7, 11) is 0. The third kappa shape index (κ3) is 5.88. The van der Waals surface area contributed by atoms with E-state index in [1.165, 1.54) is 51.5 Å². The van der Waals surface area contributed by atoms with Gasteiger partial charge >= 0.3 is 0 Å². The molecule has 12 rings (SSSR count). The first-order chi connectivity index (χ1) is 29.7. The van der Waals surface area contributed by atoms with Crippen LogP contribution in [0.4, 0.5) is 0 Å². The van der Waals surface area contributed by atoms with Crippen LogP contribution >= 0.6 is 22.7 Å². The van der Waals surface area contributed by atoms with Crippen molar-refractivity contribution in [1.82, 2.24) is 19.9 Å². The zero-order chi connectivity index (χ0) is 39.6. The molecule has 0 saturated heterocycles. The Balaban J connectivity index is 1.02. The summed E-state index contributed by atoms with van der Waals surface area (Å²) in [4.78, 5) is 20.8. The number of rotatable bonds is 6. The summed E-state index contributed by atoms with van der Waals surface area (Å²) >= 11 is 3.66. The van der Waals surface area contributed by atoms with Gasteiger partial charge in [0.1, 0.15) is 0 Å². The highest BCUT2D eigenvalue weighted by Crippen LogP contribution is 2.45. The van der Waals surface area contributed by atoms with Gasteiger partial charge in [-0.3, -0.25) is 0 Å². The van der Waals surface area contributed by atoms with E-state index >= 15 is 0 Å². The quantitative estimate of drug-likeness (QED) is 0.168. The van der Waals surface area contributed by atoms with Crippen LogP contribution in [-0.4, -0.2) is 19.9 Å². The van der Waals surface area contributed by atoms with Crippen molar-refractivity contribution in [1.29, 1.82) is 0 Å². The Bertz CT molecular complexity index is 3590. The van der Waals surface area contributed by atoms with Gasteiger partial charge in [-0.05, 0) is 46.5 Å². The molecule has 4 aromatic heterocycles. The summed E-state index contributed by atoms with van der Waals surface area (Å²) in [6.45, 7) is 0. The fourth-order valence-electron chi connectivity index (χ4n) is 8.42. The molecule has 0 fully saturated rings. The van der Waals surface area contributed by atoms with E-state index in [0.717, 1.165) is 50.0 Å². The fourth-order valence-corrected chi connectivity index (χ4v) is 10.9. The minimum Gasteiger partial charge on any atom is -0.246 e. The van der Waals surface area contributed by atoms with E-state index in [-0.39, 0.29) is 0 Å². The smallest absolute Gasteiger partial charge is 0.164 e. The van der Waals surface area contributed by atoms with Crippen LogP contribution in [0.3, 0.4) is 0 Å². The Labute approximate surface area is 353 Å². The summed E-state index contributed by atoms with van der Waals surface area (Å²) in [5, 5.41) is 6.23. The van der Waals surface area contributed by atoms with Crippen LogP contribution in [0.25, 0.3) is 119 Å². The molecule has 0 N–H and O–H groups in total. The molecule has 8 aromatic carbocycles. The highest BCUT2D eigenvalue weighted by molar-refractivity contribution is 7.26. The van der Waals surface area contributed by atoms with Crippen molar-refractivity contribution in [3.8, 4) is 67.7 Å². The van der Waals surface area contributed by atoms with Gasteiger partial charge < -0.3 is 0 Å². The van der Waals surface area contributed by atoms with Gasteiger partial charge in [-0.2, -0.15) is 0 Å². The van der Waals surface area contributed by atoms with E-state index in [2.05, 4.69) is 158 Å². The molecule has 4 nitrogen and oxygen atoms in total. The number of fused-ring (bicyclic) bond motifs is 8. The van der Waals surface area contributed by atoms with Gasteiger partial charge in [0.2, 0.25) is 0 Å². The molecule has 0 aliphatic carbocycles. The van der Waals surface area contributed by atoms with Crippen LogP contribution in [0, 0.1) is 0 Å². The maximum Gasteiger partial charge on any atom is 0.164 e. The molecule has 0 amide bonds. The summed E-state index contributed by atoms with van der Waals surface area (Å²) in [5.74, 6) is 1.87. The molecule has 12 aromatic rings. The molecular formula is C54H32N4S2. The highest BCUT2D eigenvalue weighted by atomic mass is 32.1. The summed E-state index contributed by atoms with van der Waals surface area (Å²) < 4.78 is 5.01. The van der Waals surface area contributed by atoms with E-state index < -0.39 is 0 Å². The summed E-state index contributed by atoms with van der Waals surface area (Å²) in [5.41, 5.74) is 10.4. The Morgan fingerprint density at radius 2 is 0.817 bits per heavy atom. The minimum absolute atomic E-state index is 0.611. The summed E-state index contributed by atoms with van der Waals surface area (Å²) in [6, 6.07) is 68.4. The normalized spacial score (nSPS) is 11.7. The van der Waals surface area contributed by atoms with Crippen molar-refractivity contribution >= 4 is 73.9 Å². The standard InChI is InChI=1S/C54H32N4S2/c1-3-13-33(14-4-1)34-25-27-36(28-26-34)53-56-52(35-15-5-2-6-16-35)57-54(58-53)39-18-11-17-38(31-39)49-51-48(44-20-8-10-24-47(44)60-51)43-30-29-37(32-45(43)55-49)40-21-12-22-42-41-19-7-9-23-46(41)59-50(40)42/h1-32H. The number of benzene rings is 8. The van der Waals surface area contributed by atoms with Crippen molar-refractivity contribution < 1.29 is 0 Å². The zero-order valence-electron chi connectivity index (χ0n) is 32.1. The monoisotopic (exact) mass is 800 g/mol. The first kappa shape index (κ1) is 34.6. The molecule has 60 heavy (non-hydrogen) atoms. The molecular weight excluding hydrogens is 769 g/mol. The number of hydrogen-bond acceptors (Lipinski definition) is 6. The average Bonchev–Trinajstić information content (AvgIpc) is 3.91. The maximum absolute atomic E-state index is 5.54. The Kier molecular flexibility index (Phi) is 8.18. The predicted molar refractivity (Wildman–Crippen MR) is 254 cm³/mol. The van der Waals surface area contributed by atoms with E-state index in [1.54, 1.807) is 11.3 Å². The lowest BCUT2D eigenvalue weighted by Gasteiger charge is -2.12. The van der Waals surface area contributed by atoms with Gasteiger partial charge in [0.05, 0.1) is 15.9 Å². The van der Waals surface area contributed by atoms with E-state index in [0.29, 0.717) is 17.5 Å². The van der Waals surface area contributed by atoms with Gasteiger partial charge in [-0.1, -0.05) is 170 Å². The molecule has 0 spiro atoms. The van der Waals surface area contributed by atoms with Crippen molar-refractivity contribution in [3.05, 3.63) is 194 Å². The van der Waals surface area contributed by atoms with Crippen molar-refractivity contribution in [3.63, 3.8) is 0 Å². The molecule has 6 heteroatoms. The molecule has 0 aliphatic rings. The second-order valence-electron chi connectivity index (χ2n) is 15.0. The van der Waals surface area contributed by atoms with Crippen LogP contribution < -0.4 is 0 Å². The summed E-state index contributed by atoms with van der Waals surface area (Å²) in [6.07, 6.45) is 0. The third-order valence-corrected chi connectivity index (χ3v) is 13.7.